The van der Waals surface area contributed by atoms with Crippen molar-refractivity contribution in [2.24, 2.45) is 0 Å². The van der Waals surface area contributed by atoms with Crippen molar-refractivity contribution in [3.63, 3.8) is 0 Å². The van der Waals surface area contributed by atoms with E-state index in [4.69, 9.17) is 16.3 Å². The van der Waals surface area contributed by atoms with Gasteiger partial charge in [-0.3, -0.25) is 9.69 Å². The molecule has 1 amide bonds. The van der Waals surface area contributed by atoms with Crippen LogP contribution in [-0.4, -0.2) is 63.1 Å². The standard InChI is InChI=1S/C29H35ClN4O4/c30-23-6-4-20(5-7-23)18-31-28(36)26-27(35)24-17-21(19-34-12-14-38-15-13-34)16-22(25(24)32-33-26)8-11-29(37)9-2-1-3-10-29/h4-7,16-17,37H,1-3,8-15,18-19H2,(H,31,36)(H,32,35). The largest absolute Gasteiger partial charge is 0.505 e. The molecule has 1 aliphatic carbocycles. The Morgan fingerprint density at radius 2 is 1.79 bits per heavy atom. The summed E-state index contributed by atoms with van der Waals surface area (Å²) in [7, 11) is 0. The minimum absolute atomic E-state index is 0.105. The van der Waals surface area contributed by atoms with Gasteiger partial charge in [0.05, 0.1) is 24.3 Å². The minimum atomic E-state index is -0.665. The van der Waals surface area contributed by atoms with Crippen molar-refractivity contribution >= 4 is 28.4 Å². The van der Waals surface area contributed by atoms with Gasteiger partial charge in [-0.25, -0.2) is 0 Å². The molecule has 3 N–H and O–H groups in total. The Bertz CT molecular complexity index is 1270. The molecule has 2 heterocycles. The second-order valence-corrected chi connectivity index (χ2v) is 11.0. The Balaban J connectivity index is 1.42. The van der Waals surface area contributed by atoms with E-state index in [0.717, 1.165) is 55.5 Å². The number of nitrogens with one attached hydrogen (secondary N) is 1. The number of aliphatic hydroxyl groups is 1. The highest BCUT2D eigenvalue weighted by atomic mass is 35.5. The third kappa shape index (κ3) is 6.43. The predicted molar refractivity (Wildman–Crippen MR) is 146 cm³/mol. The number of morpholine rings is 1. The molecule has 2 fully saturated rings. The van der Waals surface area contributed by atoms with E-state index in [1.165, 1.54) is 6.42 Å². The third-order valence-electron chi connectivity index (χ3n) is 7.71. The predicted octanol–water partition coefficient (Wildman–Crippen LogP) is 4.38. The number of aryl methyl sites for hydroxylation is 1. The lowest BCUT2D eigenvalue weighted by atomic mass is 9.80. The quantitative estimate of drug-likeness (QED) is 0.390. The van der Waals surface area contributed by atoms with E-state index < -0.39 is 11.5 Å². The molecule has 2 aliphatic rings. The van der Waals surface area contributed by atoms with Crippen LogP contribution in [0.25, 0.3) is 10.9 Å². The molecule has 1 aromatic heterocycles. The molecule has 9 heteroatoms. The lowest BCUT2D eigenvalue weighted by molar-refractivity contribution is -0.00337. The molecular weight excluding hydrogens is 504 g/mol. The van der Waals surface area contributed by atoms with Crippen LogP contribution >= 0.6 is 11.6 Å². The maximum atomic E-state index is 13.0. The SMILES string of the molecule is O=C(NCc1ccc(Cl)cc1)c1nnc2c(CCC3(O)CCCCC3)cc(CN3CCOCC3)cc2c1O. The third-order valence-corrected chi connectivity index (χ3v) is 7.97. The summed E-state index contributed by atoms with van der Waals surface area (Å²) >= 11 is 5.95. The van der Waals surface area contributed by atoms with E-state index in [9.17, 15) is 15.0 Å². The maximum Gasteiger partial charge on any atom is 0.275 e. The number of nitrogens with zero attached hydrogens (tertiary/aromatic N) is 3. The van der Waals surface area contributed by atoms with Crippen molar-refractivity contribution in [2.45, 2.75) is 63.6 Å². The van der Waals surface area contributed by atoms with Crippen LogP contribution in [0.2, 0.25) is 5.02 Å². The van der Waals surface area contributed by atoms with Gasteiger partial charge < -0.3 is 20.3 Å². The van der Waals surface area contributed by atoms with Gasteiger partial charge >= 0.3 is 0 Å². The lowest BCUT2D eigenvalue weighted by Gasteiger charge is -2.32. The molecule has 0 atom stereocenters. The Kier molecular flexibility index (Phi) is 8.43. The Morgan fingerprint density at radius 3 is 2.53 bits per heavy atom. The zero-order valence-corrected chi connectivity index (χ0v) is 22.3. The summed E-state index contributed by atoms with van der Waals surface area (Å²) in [6.07, 6.45) is 6.14. The van der Waals surface area contributed by atoms with Crippen molar-refractivity contribution in [1.82, 2.24) is 20.4 Å². The summed E-state index contributed by atoms with van der Waals surface area (Å²) < 4.78 is 5.49. The number of aromatic hydroxyl groups is 1. The molecule has 38 heavy (non-hydrogen) atoms. The van der Waals surface area contributed by atoms with Crippen LogP contribution in [0.1, 0.15) is 65.7 Å². The highest BCUT2D eigenvalue weighted by Crippen LogP contribution is 2.35. The van der Waals surface area contributed by atoms with Crippen molar-refractivity contribution in [1.29, 1.82) is 0 Å². The molecule has 1 aliphatic heterocycles. The summed E-state index contributed by atoms with van der Waals surface area (Å²) in [5.74, 6) is -0.673. The normalized spacial score (nSPS) is 17.9. The first-order chi connectivity index (χ1) is 18.4. The van der Waals surface area contributed by atoms with Crippen molar-refractivity contribution in [2.75, 3.05) is 26.3 Å². The summed E-state index contributed by atoms with van der Waals surface area (Å²) in [5.41, 5.74) is 2.64. The fourth-order valence-corrected chi connectivity index (χ4v) is 5.61. The second kappa shape index (κ2) is 11.9. The van der Waals surface area contributed by atoms with Crippen molar-refractivity contribution in [3.05, 3.63) is 63.8 Å². The average molecular weight is 539 g/mol. The maximum absolute atomic E-state index is 13.0. The lowest BCUT2D eigenvalue weighted by Crippen LogP contribution is -2.35. The Morgan fingerprint density at radius 1 is 1.05 bits per heavy atom. The molecule has 8 nitrogen and oxygen atoms in total. The number of fused-ring (bicyclic) bond motifs is 1. The first-order valence-electron chi connectivity index (χ1n) is 13.5. The molecule has 0 bridgehead atoms. The van der Waals surface area contributed by atoms with Crippen molar-refractivity contribution in [3.8, 4) is 5.75 Å². The number of carbonyl (C=O) groups excluding carboxylic acids is 1. The van der Waals surface area contributed by atoms with Crippen LogP contribution < -0.4 is 5.32 Å². The fraction of sp³-hybridized carbons (Fsp3) is 0.483. The average Bonchev–Trinajstić information content (AvgIpc) is 2.93. The van der Waals surface area contributed by atoms with Gasteiger partial charge in [0.2, 0.25) is 0 Å². The first-order valence-corrected chi connectivity index (χ1v) is 13.8. The molecule has 2 aromatic carbocycles. The molecule has 0 spiro atoms. The number of benzene rings is 2. The summed E-state index contributed by atoms with van der Waals surface area (Å²) in [6.45, 7) is 4.05. The molecular formula is C29H35ClN4O4. The van der Waals surface area contributed by atoms with Gasteiger partial charge in [0.25, 0.3) is 5.91 Å². The van der Waals surface area contributed by atoms with Gasteiger partial charge in [0.1, 0.15) is 0 Å². The molecule has 1 saturated heterocycles. The van der Waals surface area contributed by atoms with Gasteiger partial charge in [-0.05, 0) is 60.6 Å². The van der Waals surface area contributed by atoms with E-state index in [1.54, 1.807) is 12.1 Å². The summed E-state index contributed by atoms with van der Waals surface area (Å²) in [4.78, 5) is 15.3. The first kappa shape index (κ1) is 26.8. The number of amides is 1. The molecule has 1 saturated carbocycles. The van der Waals surface area contributed by atoms with E-state index in [1.807, 2.05) is 18.2 Å². The van der Waals surface area contributed by atoms with Crippen LogP contribution in [0.5, 0.6) is 5.75 Å². The number of hydrogen-bond donors (Lipinski definition) is 3. The molecule has 5 rings (SSSR count). The van der Waals surface area contributed by atoms with Gasteiger partial charge in [-0.15, -0.1) is 10.2 Å². The Hall–Kier alpha value is -2.78. The van der Waals surface area contributed by atoms with Gasteiger partial charge in [-0.1, -0.05) is 49.1 Å². The fourth-order valence-electron chi connectivity index (χ4n) is 5.48. The molecule has 202 valence electrons. The molecule has 0 radical (unpaired) electrons. The second-order valence-electron chi connectivity index (χ2n) is 10.5. The summed E-state index contributed by atoms with van der Waals surface area (Å²) in [6, 6.07) is 11.2. The van der Waals surface area contributed by atoms with E-state index >= 15 is 0 Å². The van der Waals surface area contributed by atoms with E-state index in [0.29, 0.717) is 48.5 Å². The van der Waals surface area contributed by atoms with Crippen LogP contribution in [-0.2, 0) is 24.2 Å². The van der Waals surface area contributed by atoms with Gasteiger partial charge in [0.15, 0.2) is 11.4 Å². The number of ether oxygens (including phenoxy) is 1. The zero-order valence-electron chi connectivity index (χ0n) is 21.6. The molecule has 3 aromatic rings. The van der Waals surface area contributed by atoms with Gasteiger partial charge in [-0.2, -0.15) is 0 Å². The Labute approximate surface area is 228 Å². The highest BCUT2D eigenvalue weighted by molar-refractivity contribution is 6.30. The minimum Gasteiger partial charge on any atom is -0.505 e. The van der Waals surface area contributed by atoms with Crippen LogP contribution in [0.15, 0.2) is 36.4 Å². The molecule has 0 unspecified atom stereocenters. The van der Waals surface area contributed by atoms with Crippen LogP contribution in [0.4, 0.5) is 0 Å². The number of hydrogen-bond acceptors (Lipinski definition) is 7. The number of rotatable bonds is 8. The van der Waals surface area contributed by atoms with Crippen LogP contribution in [0, 0.1) is 0 Å². The summed E-state index contributed by atoms with van der Waals surface area (Å²) in [5, 5.41) is 34.8. The van der Waals surface area contributed by atoms with Crippen LogP contribution in [0.3, 0.4) is 0 Å². The monoisotopic (exact) mass is 538 g/mol. The number of halogens is 1. The van der Waals surface area contributed by atoms with E-state index in [2.05, 4.69) is 26.5 Å². The number of carbonyl (C=O) groups is 1. The van der Waals surface area contributed by atoms with E-state index in [-0.39, 0.29) is 18.0 Å². The van der Waals surface area contributed by atoms with Gasteiger partial charge in [0, 0.05) is 36.6 Å². The smallest absolute Gasteiger partial charge is 0.275 e. The number of aromatic nitrogens is 2. The topological polar surface area (TPSA) is 108 Å². The van der Waals surface area contributed by atoms with Crippen molar-refractivity contribution < 1.29 is 19.7 Å². The zero-order chi connectivity index (χ0) is 26.5. The highest BCUT2D eigenvalue weighted by Gasteiger charge is 2.29.